The van der Waals surface area contributed by atoms with Crippen molar-refractivity contribution in [2.75, 3.05) is 5.73 Å². The van der Waals surface area contributed by atoms with Crippen molar-refractivity contribution in [1.82, 2.24) is 20.2 Å². The highest BCUT2D eigenvalue weighted by atomic mass is 35.5. The zero-order valence-electron chi connectivity index (χ0n) is 11.6. The number of anilines is 1. The second-order valence-corrected chi connectivity index (χ2v) is 5.10. The minimum absolute atomic E-state index is 0.101. The van der Waals surface area contributed by atoms with E-state index >= 15 is 0 Å². The van der Waals surface area contributed by atoms with Crippen LogP contribution in [-0.2, 0) is 6.54 Å². The Bertz CT molecular complexity index is 806. The second-order valence-electron chi connectivity index (χ2n) is 4.66. The quantitative estimate of drug-likeness (QED) is 0.769. The molecule has 4 N–H and O–H groups in total. The van der Waals surface area contributed by atoms with Crippen LogP contribution in [0.3, 0.4) is 0 Å². The van der Waals surface area contributed by atoms with Gasteiger partial charge in [0.15, 0.2) is 0 Å². The second kappa shape index (κ2) is 6.05. The minimum Gasteiger partial charge on any atom is -0.366 e. The number of rotatable bonds is 3. The van der Waals surface area contributed by atoms with Crippen LogP contribution in [0.4, 0.5) is 5.95 Å². The Morgan fingerprint density at radius 3 is 2.64 bits per heavy atom. The first-order chi connectivity index (χ1) is 10.7. The SMILES string of the molecule is NCc1cc(Cl)cc(-c2nnc(N)nc2-c2cccnc2)c1. The van der Waals surface area contributed by atoms with Crippen molar-refractivity contribution >= 4 is 17.5 Å². The fourth-order valence-electron chi connectivity index (χ4n) is 2.14. The summed E-state index contributed by atoms with van der Waals surface area (Å²) in [6.45, 7) is 0.381. The van der Waals surface area contributed by atoms with Crippen LogP contribution in [-0.4, -0.2) is 20.2 Å². The molecular weight excluding hydrogens is 300 g/mol. The van der Waals surface area contributed by atoms with Crippen molar-refractivity contribution in [2.24, 2.45) is 5.73 Å². The van der Waals surface area contributed by atoms with Crippen molar-refractivity contribution in [3.8, 4) is 22.5 Å². The summed E-state index contributed by atoms with van der Waals surface area (Å²) < 4.78 is 0. The summed E-state index contributed by atoms with van der Waals surface area (Å²) >= 11 is 6.15. The number of aromatic nitrogens is 4. The van der Waals surface area contributed by atoms with Crippen molar-refractivity contribution in [1.29, 1.82) is 0 Å². The molecule has 0 atom stereocenters. The number of nitrogen functional groups attached to an aromatic ring is 1. The lowest BCUT2D eigenvalue weighted by molar-refractivity contribution is 0.994. The molecule has 2 aromatic heterocycles. The highest BCUT2D eigenvalue weighted by Crippen LogP contribution is 2.30. The third kappa shape index (κ3) is 2.88. The zero-order valence-corrected chi connectivity index (χ0v) is 12.3. The summed E-state index contributed by atoms with van der Waals surface area (Å²) in [6, 6.07) is 9.22. The Hall–Kier alpha value is -2.57. The number of nitrogens with two attached hydrogens (primary N) is 2. The number of hydrogen-bond acceptors (Lipinski definition) is 6. The first-order valence-electron chi connectivity index (χ1n) is 6.58. The van der Waals surface area contributed by atoms with Crippen LogP contribution < -0.4 is 11.5 Å². The Kier molecular flexibility index (Phi) is 3.95. The summed E-state index contributed by atoms with van der Waals surface area (Å²) in [5.74, 6) is 0.101. The van der Waals surface area contributed by atoms with E-state index in [9.17, 15) is 0 Å². The highest BCUT2D eigenvalue weighted by Gasteiger charge is 2.14. The predicted molar refractivity (Wildman–Crippen MR) is 85.8 cm³/mol. The van der Waals surface area contributed by atoms with Gasteiger partial charge in [-0.3, -0.25) is 4.98 Å². The predicted octanol–water partition coefficient (Wildman–Crippen LogP) is 2.29. The van der Waals surface area contributed by atoms with Gasteiger partial charge in [-0.1, -0.05) is 11.6 Å². The van der Waals surface area contributed by atoms with Gasteiger partial charge >= 0.3 is 0 Å². The number of benzene rings is 1. The van der Waals surface area contributed by atoms with E-state index in [2.05, 4.69) is 20.2 Å². The summed E-state index contributed by atoms with van der Waals surface area (Å²) in [5, 5.41) is 8.60. The molecule has 2 heterocycles. The summed E-state index contributed by atoms with van der Waals surface area (Å²) in [5.41, 5.74) is 15.0. The fraction of sp³-hybridized carbons (Fsp3) is 0.0667. The molecule has 0 radical (unpaired) electrons. The van der Waals surface area contributed by atoms with Crippen LogP contribution in [0.5, 0.6) is 0 Å². The van der Waals surface area contributed by atoms with E-state index in [0.29, 0.717) is 23.0 Å². The van der Waals surface area contributed by atoms with Crippen LogP contribution in [0.25, 0.3) is 22.5 Å². The lowest BCUT2D eigenvalue weighted by Crippen LogP contribution is -2.03. The molecule has 0 saturated carbocycles. The average molecular weight is 313 g/mol. The minimum atomic E-state index is 0.101. The molecule has 0 aliphatic carbocycles. The van der Waals surface area contributed by atoms with E-state index < -0.39 is 0 Å². The molecule has 6 nitrogen and oxygen atoms in total. The number of hydrogen-bond donors (Lipinski definition) is 2. The first-order valence-corrected chi connectivity index (χ1v) is 6.95. The van der Waals surface area contributed by atoms with Gasteiger partial charge in [0.2, 0.25) is 5.95 Å². The standard InChI is InChI=1S/C15H13ClN6/c16-12-5-9(7-17)4-11(6-12)14-13(20-15(18)22-21-14)10-2-1-3-19-8-10/h1-6,8H,7,17H2,(H2,18,20,22). The van der Waals surface area contributed by atoms with Gasteiger partial charge in [0.25, 0.3) is 0 Å². The van der Waals surface area contributed by atoms with Gasteiger partial charge in [-0.15, -0.1) is 10.2 Å². The number of pyridine rings is 1. The van der Waals surface area contributed by atoms with E-state index in [-0.39, 0.29) is 5.95 Å². The van der Waals surface area contributed by atoms with E-state index in [1.54, 1.807) is 18.5 Å². The molecule has 3 aromatic rings. The smallest absolute Gasteiger partial charge is 0.240 e. The van der Waals surface area contributed by atoms with E-state index in [4.69, 9.17) is 23.1 Å². The topological polar surface area (TPSA) is 104 Å². The Morgan fingerprint density at radius 1 is 1.05 bits per heavy atom. The van der Waals surface area contributed by atoms with Crippen molar-refractivity contribution in [3.05, 3.63) is 53.3 Å². The molecule has 3 rings (SSSR count). The van der Waals surface area contributed by atoms with E-state index in [0.717, 1.165) is 16.7 Å². The number of nitrogens with zero attached hydrogens (tertiary/aromatic N) is 4. The summed E-state index contributed by atoms with van der Waals surface area (Å²) in [6.07, 6.45) is 3.38. The molecule has 22 heavy (non-hydrogen) atoms. The maximum Gasteiger partial charge on any atom is 0.240 e. The summed E-state index contributed by atoms with van der Waals surface area (Å²) in [7, 11) is 0. The van der Waals surface area contributed by atoms with Crippen LogP contribution in [0.15, 0.2) is 42.7 Å². The van der Waals surface area contributed by atoms with Gasteiger partial charge in [0.05, 0.1) is 0 Å². The van der Waals surface area contributed by atoms with Crippen LogP contribution in [0.1, 0.15) is 5.56 Å². The van der Waals surface area contributed by atoms with Gasteiger partial charge in [0, 0.05) is 35.1 Å². The summed E-state index contributed by atoms with van der Waals surface area (Å²) in [4.78, 5) is 8.40. The maximum atomic E-state index is 6.15. The van der Waals surface area contributed by atoms with Crippen molar-refractivity contribution in [2.45, 2.75) is 6.54 Å². The van der Waals surface area contributed by atoms with E-state index in [1.807, 2.05) is 24.3 Å². The zero-order chi connectivity index (χ0) is 15.5. The molecule has 0 unspecified atom stereocenters. The van der Waals surface area contributed by atoms with Gasteiger partial charge in [-0.05, 0) is 35.9 Å². The van der Waals surface area contributed by atoms with Crippen LogP contribution in [0, 0.1) is 0 Å². The largest absolute Gasteiger partial charge is 0.366 e. The Balaban J connectivity index is 2.21. The third-order valence-electron chi connectivity index (χ3n) is 3.10. The van der Waals surface area contributed by atoms with Crippen LogP contribution in [0.2, 0.25) is 5.02 Å². The molecule has 7 heteroatoms. The van der Waals surface area contributed by atoms with Crippen LogP contribution >= 0.6 is 11.6 Å². The van der Waals surface area contributed by atoms with Crippen molar-refractivity contribution < 1.29 is 0 Å². The molecule has 0 aliphatic rings. The van der Waals surface area contributed by atoms with Gasteiger partial charge in [-0.2, -0.15) is 0 Å². The Labute approximate surface area is 132 Å². The lowest BCUT2D eigenvalue weighted by atomic mass is 10.0. The lowest BCUT2D eigenvalue weighted by Gasteiger charge is -2.09. The molecule has 110 valence electrons. The van der Waals surface area contributed by atoms with Gasteiger partial charge < -0.3 is 11.5 Å². The molecule has 1 aromatic carbocycles. The molecule has 0 saturated heterocycles. The van der Waals surface area contributed by atoms with Crippen molar-refractivity contribution in [3.63, 3.8) is 0 Å². The maximum absolute atomic E-state index is 6.15. The first kappa shape index (κ1) is 14.4. The molecular formula is C15H13ClN6. The average Bonchev–Trinajstić information content (AvgIpc) is 2.55. The number of halogens is 1. The van der Waals surface area contributed by atoms with E-state index in [1.165, 1.54) is 0 Å². The highest BCUT2D eigenvalue weighted by molar-refractivity contribution is 6.31. The molecule has 0 spiro atoms. The third-order valence-corrected chi connectivity index (χ3v) is 3.32. The molecule has 0 fully saturated rings. The van der Waals surface area contributed by atoms with Gasteiger partial charge in [0.1, 0.15) is 11.4 Å². The van der Waals surface area contributed by atoms with Gasteiger partial charge in [-0.25, -0.2) is 4.98 Å². The molecule has 0 amide bonds. The molecule has 0 bridgehead atoms. The molecule has 0 aliphatic heterocycles. The normalized spacial score (nSPS) is 10.6. The monoisotopic (exact) mass is 312 g/mol. The fourth-order valence-corrected chi connectivity index (χ4v) is 2.40. The Morgan fingerprint density at radius 2 is 1.91 bits per heavy atom.